The fourth-order valence-corrected chi connectivity index (χ4v) is 2.56. The van der Waals surface area contributed by atoms with E-state index >= 15 is 0 Å². The number of methoxy groups -OCH3 is 1. The maximum Gasteiger partial charge on any atom is 0.416 e. The molecule has 0 spiro atoms. The lowest BCUT2D eigenvalue weighted by Crippen LogP contribution is -2.37. The molecule has 154 valence electrons. The van der Waals surface area contributed by atoms with Crippen molar-refractivity contribution in [1.82, 2.24) is 10.6 Å². The molecule has 2 aromatic rings. The van der Waals surface area contributed by atoms with Crippen LogP contribution in [0, 0.1) is 0 Å². The fraction of sp³-hybridized carbons (Fsp3) is 0.350. The van der Waals surface area contributed by atoms with Gasteiger partial charge in [0.15, 0.2) is 5.96 Å². The van der Waals surface area contributed by atoms with Gasteiger partial charge in [0, 0.05) is 20.2 Å². The van der Waals surface area contributed by atoms with Crippen LogP contribution in [0.1, 0.15) is 29.2 Å². The maximum atomic E-state index is 12.8. The van der Waals surface area contributed by atoms with Gasteiger partial charge in [-0.3, -0.25) is 0 Å². The smallest absolute Gasteiger partial charge is 0.380 e. The van der Waals surface area contributed by atoms with E-state index in [-0.39, 0.29) is 30.5 Å². The summed E-state index contributed by atoms with van der Waals surface area (Å²) >= 11 is 0. The molecule has 0 amide bonds. The predicted octanol–water partition coefficient (Wildman–Crippen LogP) is 4.73. The molecule has 0 heterocycles. The van der Waals surface area contributed by atoms with E-state index in [9.17, 15) is 13.2 Å². The summed E-state index contributed by atoms with van der Waals surface area (Å²) in [5, 5.41) is 6.32. The summed E-state index contributed by atoms with van der Waals surface area (Å²) in [5.41, 5.74) is 1.98. The van der Waals surface area contributed by atoms with Gasteiger partial charge < -0.3 is 15.4 Å². The van der Waals surface area contributed by atoms with E-state index in [0.29, 0.717) is 31.2 Å². The molecule has 0 aliphatic heterocycles. The molecule has 0 radical (unpaired) electrons. The molecule has 2 aromatic carbocycles. The highest BCUT2D eigenvalue weighted by atomic mass is 127. The van der Waals surface area contributed by atoms with E-state index in [0.717, 1.165) is 23.3 Å². The highest BCUT2D eigenvalue weighted by Crippen LogP contribution is 2.29. The topological polar surface area (TPSA) is 45.7 Å². The zero-order valence-corrected chi connectivity index (χ0v) is 18.2. The van der Waals surface area contributed by atoms with Crippen LogP contribution in [-0.4, -0.2) is 19.6 Å². The Hall–Kier alpha value is -1.81. The van der Waals surface area contributed by atoms with E-state index in [2.05, 4.69) is 15.6 Å². The lowest BCUT2D eigenvalue weighted by atomic mass is 10.1. The van der Waals surface area contributed by atoms with Crippen molar-refractivity contribution in [1.29, 1.82) is 0 Å². The molecule has 0 saturated heterocycles. The molecule has 4 nitrogen and oxygen atoms in total. The standard InChI is InChI=1S/C20H24F3N3O.HI/c1-3-24-19(26-13-16-8-4-5-9-17(16)14-27-2)25-12-15-7-6-10-18(11-15)20(21,22)23;/h4-11H,3,12-14H2,1-2H3,(H2,24,25,26);1H. The number of hydrogen-bond acceptors (Lipinski definition) is 2. The lowest BCUT2D eigenvalue weighted by molar-refractivity contribution is -0.137. The number of ether oxygens (including phenoxy) is 1. The molecular formula is C20H25F3IN3O. The van der Waals surface area contributed by atoms with Crippen molar-refractivity contribution < 1.29 is 17.9 Å². The zero-order chi connectivity index (χ0) is 19.7. The first-order valence-electron chi connectivity index (χ1n) is 8.68. The normalized spacial score (nSPS) is 11.7. The minimum absolute atomic E-state index is 0. The Balaban J connectivity index is 0.00000392. The van der Waals surface area contributed by atoms with Crippen molar-refractivity contribution >= 4 is 29.9 Å². The predicted molar refractivity (Wildman–Crippen MR) is 116 cm³/mol. The van der Waals surface area contributed by atoms with Gasteiger partial charge in [0.2, 0.25) is 0 Å². The third kappa shape index (κ3) is 7.67. The number of nitrogens with one attached hydrogen (secondary N) is 2. The van der Waals surface area contributed by atoms with Gasteiger partial charge in [0.1, 0.15) is 0 Å². The molecule has 0 unspecified atom stereocenters. The monoisotopic (exact) mass is 507 g/mol. The second-order valence-corrected chi connectivity index (χ2v) is 5.95. The second-order valence-electron chi connectivity index (χ2n) is 5.95. The maximum absolute atomic E-state index is 12.8. The zero-order valence-electron chi connectivity index (χ0n) is 15.8. The number of halogens is 4. The van der Waals surface area contributed by atoms with Gasteiger partial charge >= 0.3 is 6.18 Å². The van der Waals surface area contributed by atoms with Gasteiger partial charge in [-0.1, -0.05) is 36.4 Å². The first-order valence-corrected chi connectivity index (χ1v) is 8.68. The summed E-state index contributed by atoms with van der Waals surface area (Å²) in [4.78, 5) is 4.39. The molecule has 0 aliphatic rings. The second kappa shape index (κ2) is 11.9. The molecule has 8 heteroatoms. The van der Waals surface area contributed by atoms with E-state index in [1.54, 1.807) is 13.2 Å². The van der Waals surface area contributed by atoms with Crippen LogP contribution < -0.4 is 10.6 Å². The molecule has 0 aliphatic carbocycles. The van der Waals surface area contributed by atoms with Crippen molar-refractivity contribution in [3.63, 3.8) is 0 Å². The summed E-state index contributed by atoms with van der Waals surface area (Å²) in [7, 11) is 1.64. The van der Waals surface area contributed by atoms with Gasteiger partial charge in [-0.05, 0) is 35.7 Å². The number of hydrogen-bond donors (Lipinski definition) is 2. The Morgan fingerprint density at radius 1 is 1.04 bits per heavy atom. The highest BCUT2D eigenvalue weighted by Gasteiger charge is 2.30. The number of aliphatic imine (C=N–C) groups is 1. The van der Waals surface area contributed by atoms with Crippen LogP contribution in [0.5, 0.6) is 0 Å². The van der Waals surface area contributed by atoms with Crippen molar-refractivity contribution in [2.75, 3.05) is 13.7 Å². The van der Waals surface area contributed by atoms with Crippen LogP contribution in [-0.2, 0) is 30.6 Å². The molecule has 0 aromatic heterocycles. The Bertz CT molecular complexity index is 766. The van der Waals surface area contributed by atoms with Gasteiger partial charge in [-0.15, -0.1) is 24.0 Å². The Kier molecular flexibility index (Phi) is 10.3. The molecule has 0 saturated carbocycles. The first-order chi connectivity index (χ1) is 12.9. The SMILES string of the molecule is CCNC(=NCc1cccc(C(F)(F)F)c1)NCc1ccccc1COC.I. The molecule has 0 bridgehead atoms. The summed E-state index contributed by atoms with van der Waals surface area (Å²) < 4.78 is 43.7. The summed E-state index contributed by atoms with van der Waals surface area (Å²) in [6.45, 7) is 3.77. The Labute approximate surface area is 180 Å². The van der Waals surface area contributed by atoms with Crippen LogP contribution in [0.15, 0.2) is 53.5 Å². The largest absolute Gasteiger partial charge is 0.416 e. The summed E-state index contributed by atoms with van der Waals surface area (Å²) in [6.07, 6.45) is -4.35. The van der Waals surface area contributed by atoms with Crippen LogP contribution in [0.25, 0.3) is 0 Å². The summed E-state index contributed by atoms with van der Waals surface area (Å²) in [6, 6.07) is 13.1. The van der Waals surface area contributed by atoms with Crippen LogP contribution >= 0.6 is 24.0 Å². The van der Waals surface area contributed by atoms with E-state index in [1.807, 2.05) is 31.2 Å². The Morgan fingerprint density at radius 3 is 2.39 bits per heavy atom. The average Bonchev–Trinajstić information content (AvgIpc) is 2.65. The van der Waals surface area contributed by atoms with Crippen molar-refractivity contribution in [3.8, 4) is 0 Å². The van der Waals surface area contributed by atoms with E-state index < -0.39 is 11.7 Å². The number of rotatable bonds is 7. The van der Waals surface area contributed by atoms with Gasteiger partial charge in [-0.25, -0.2) is 4.99 Å². The van der Waals surface area contributed by atoms with Crippen LogP contribution in [0.4, 0.5) is 13.2 Å². The number of nitrogens with zero attached hydrogens (tertiary/aromatic N) is 1. The molecule has 2 rings (SSSR count). The van der Waals surface area contributed by atoms with Crippen LogP contribution in [0.2, 0.25) is 0 Å². The van der Waals surface area contributed by atoms with Gasteiger partial charge in [0.05, 0.1) is 18.7 Å². The molecule has 0 atom stereocenters. The number of guanidine groups is 1. The van der Waals surface area contributed by atoms with E-state index in [1.165, 1.54) is 6.07 Å². The first kappa shape index (κ1) is 24.2. The van der Waals surface area contributed by atoms with Crippen LogP contribution in [0.3, 0.4) is 0 Å². The number of benzene rings is 2. The Morgan fingerprint density at radius 2 is 1.75 bits per heavy atom. The number of alkyl halides is 3. The quantitative estimate of drug-likeness (QED) is 0.324. The lowest BCUT2D eigenvalue weighted by Gasteiger charge is -2.14. The van der Waals surface area contributed by atoms with Crippen molar-refractivity contribution in [3.05, 3.63) is 70.8 Å². The minimum Gasteiger partial charge on any atom is -0.380 e. The van der Waals surface area contributed by atoms with Gasteiger partial charge in [-0.2, -0.15) is 13.2 Å². The molecule has 2 N–H and O–H groups in total. The minimum atomic E-state index is -4.35. The van der Waals surface area contributed by atoms with E-state index in [4.69, 9.17) is 4.74 Å². The third-order valence-electron chi connectivity index (χ3n) is 3.88. The highest BCUT2D eigenvalue weighted by molar-refractivity contribution is 14.0. The van der Waals surface area contributed by atoms with Crippen molar-refractivity contribution in [2.45, 2.75) is 32.8 Å². The molecule has 28 heavy (non-hydrogen) atoms. The van der Waals surface area contributed by atoms with Crippen molar-refractivity contribution in [2.24, 2.45) is 4.99 Å². The average molecular weight is 507 g/mol. The fourth-order valence-electron chi connectivity index (χ4n) is 2.56. The van der Waals surface area contributed by atoms with Gasteiger partial charge in [0.25, 0.3) is 0 Å². The third-order valence-corrected chi connectivity index (χ3v) is 3.88. The summed E-state index contributed by atoms with van der Waals surface area (Å²) in [5.74, 6) is 0.544. The molecule has 0 fully saturated rings. The molecular weight excluding hydrogens is 482 g/mol.